The first-order valence-corrected chi connectivity index (χ1v) is 6.93. The van der Waals surface area contributed by atoms with E-state index in [0.717, 1.165) is 23.3 Å². The lowest BCUT2D eigenvalue weighted by atomic mass is 10.1. The van der Waals surface area contributed by atoms with E-state index in [4.69, 9.17) is 0 Å². The van der Waals surface area contributed by atoms with Gasteiger partial charge in [0, 0.05) is 17.7 Å². The first-order chi connectivity index (χ1) is 9.69. The van der Waals surface area contributed by atoms with Crippen LogP contribution in [-0.2, 0) is 4.79 Å². The lowest BCUT2D eigenvalue weighted by Crippen LogP contribution is -2.24. The van der Waals surface area contributed by atoms with Gasteiger partial charge >= 0.3 is 0 Å². The maximum absolute atomic E-state index is 12.3. The Morgan fingerprint density at radius 1 is 1.30 bits per heavy atom. The number of hydrogen-bond acceptors (Lipinski definition) is 1. The molecule has 0 saturated heterocycles. The van der Waals surface area contributed by atoms with Gasteiger partial charge in [0.15, 0.2) is 0 Å². The molecule has 0 fully saturated rings. The number of amides is 1. The van der Waals surface area contributed by atoms with Crippen molar-refractivity contribution in [1.29, 1.82) is 0 Å². The highest BCUT2D eigenvalue weighted by molar-refractivity contribution is 5.95. The summed E-state index contributed by atoms with van der Waals surface area (Å²) >= 11 is 0. The molecule has 0 saturated carbocycles. The van der Waals surface area contributed by atoms with Crippen LogP contribution in [0.5, 0.6) is 0 Å². The summed E-state index contributed by atoms with van der Waals surface area (Å²) in [6.07, 6.45) is 14.1. The molecule has 0 radical (unpaired) electrons. The number of nitrogens with one attached hydrogen (secondary N) is 1. The minimum Gasteiger partial charge on any atom is -0.325 e. The highest BCUT2D eigenvalue weighted by atomic mass is 16.1. The van der Waals surface area contributed by atoms with Crippen molar-refractivity contribution in [2.24, 2.45) is 0 Å². The lowest BCUT2D eigenvalue weighted by molar-refractivity contribution is -0.116. The molecular formula is C18H19NO. The minimum absolute atomic E-state index is 0.0377. The third-order valence-corrected chi connectivity index (χ3v) is 3.24. The molecule has 1 amide bonds. The predicted octanol–water partition coefficient (Wildman–Crippen LogP) is 3.56. The Hall–Kier alpha value is -2.27. The fourth-order valence-corrected chi connectivity index (χ4v) is 1.99. The average Bonchev–Trinajstić information content (AvgIpc) is 2.79. The molecule has 2 rings (SSSR count). The van der Waals surface area contributed by atoms with Crippen molar-refractivity contribution in [3.05, 3.63) is 58.9 Å². The van der Waals surface area contributed by atoms with Crippen LogP contribution < -0.4 is 5.32 Å². The van der Waals surface area contributed by atoms with Crippen LogP contribution in [0.3, 0.4) is 0 Å². The van der Waals surface area contributed by atoms with E-state index in [0.29, 0.717) is 12.8 Å². The molecule has 0 heterocycles. The van der Waals surface area contributed by atoms with Gasteiger partial charge in [-0.25, -0.2) is 0 Å². The molecule has 0 aromatic heterocycles. The quantitative estimate of drug-likeness (QED) is 0.777. The van der Waals surface area contributed by atoms with E-state index in [1.54, 1.807) is 0 Å². The molecule has 102 valence electrons. The van der Waals surface area contributed by atoms with Crippen molar-refractivity contribution >= 4 is 5.91 Å². The van der Waals surface area contributed by atoms with E-state index in [2.05, 4.69) is 30.2 Å². The van der Waals surface area contributed by atoms with Crippen molar-refractivity contribution < 1.29 is 4.79 Å². The summed E-state index contributed by atoms with van der Waals surface area (Å²) in [5.41, 5.74) is 3.89. The van der Waals surface area contributed by atoms with Crippen LogP contribution in [0.4, 0.5) is 0 Å². The maximum atomic E-state index is 12.3. The first kappa shape index (κ1) is 14.1. The Labute approximate surface area is 120 Å². The fraction of sp³-hybridized carbons (Fsp3) is 0.278. The fourth-order valence-electron chi connectivity index (χ4n) is 1.99. The zero-order valence-electron chi connectivity index (χ0n) is 12.0. The third kappa shape index (κ3) is 3.86. The Morgan fingerprint density at radius 3 is 2.95 bits per heavy atom. The summed E-state index contributed by atoms with van der Waals surface area (Å²) in [5.74, 6) is 6.02. The Kier molecular flexibility index (Phi) is 4.79. The maximum Gasteiger partial charge on any atom is 0.251 e. The molecule has 0 unspecified atom stereocenters. The van der Waals surface area contributed by atoms with Gasteiger partial charge in [-0.1, -0.05) is 43.1 Å². The Morgan fingerprint density at radius 2 is 2.15 bits per heavy atom. The van der Waals surface area contributed by atoms with Gasteiger partial charge in [-0.15, -0.1) is 0 Å². The molecular weight excluding hydrogens is 246 g/mol. The van der Waals surface area contributed by atoms with Crippen molar-refractivity contribution in [3.63, 3.8) is 0 Å². The number of carbonyl (C=O) groups excluding carboxylic acids is 1. The molecule has 2 aliphatic carbocycles. The van der Waals surface area contributed by atoms with Gasteiger partial charge in [0.25, 0.3) is 5.91 Å². The molecule has 20 heavy (non-hydrogen) atoms. The Bertz CT molecular complexity index is 616. The Balaban J connectivity index is 2.07. The van der Waals surface area contributed by atoms with Crippen molar-refractivity contribution in [2.45, 2.75) is 33.1 Å². The van der Waals surface area contributed by atoms with Crippen LogP contribution in [-0.4, -0.2) is 5.91 Å². The second-order valence-electron chi connectivity index (χ2n) is 4.87. The van der Waals surface area contributed by atoms with Gasteiger partial charge in [-0.3, -0.25) is 4.79 Å². The van der Waals surface area contributed by atoms with E-state index in [1.807, 2.05) is 37.3 Å². The molecule has 1 N–H and O–H groups in total. The number of allylic oxidation sites excluding steroid dienone is 9. The molecule has 2 nitrogen and oxygen atoms in total. The monoisotopic (exact) mass is 265 g/mol. The van der Waals surface area contributed by atoms with Gasteiger partial charge in [-0.2, -0.15) is 0 Å². The number of rotatable bonds is 3. The first-order valence-electron chi connectivity index (χ1n) is 6.93. The van der Waals surface area contributed by atoms with Crippen molar-refractivity contribution in [1.82, 2.24) is 5.32 Å². The normalized spacial score (nSPS) is 17.5. The highest BCUT2D eigenvalue weighted by Crippen LogP contribution is 2.14. The molecule has 0 aromatic carbocycles. The minimum atomic E-state index is -0.0377. The van der Waals surface area contributed by atoms with Crippen molar-refractivity contribution in [2.75, 3.05) is 0 Å². The standard InChI is InChI=1S/C18H19NO/c1-3-15-7-5-8-16(12-11-15)18(20)19-17-9-4-6-14(2)10-13-17/h5,7,10-13H,3,8-9H2,1-2H3,(H,19,20). The number of hydrogen-bond donors (Lipinski definition) is 1. The van der Waals surface area contributed by atoms with E-state index in [1.165, 1.54) is 5.57 Å². The van der Waals surface area contributed by atoms with Crippen LogP contribution in [0.25, 0.3) is 0 Å². The van der Waals surface area contributed by atoms with Gasteiger partial charge in [0.2, 0.25) is 0 Å². The molecule has 2 aliphatic rings. The second kappa shape index (κ2) is 6.77. The second-order valence-corrected chi connectivity index (χ2v) is 4.87. The SMILES string of the molecule is CCC1=CC=C(C(=O)NC2=CC=C(C)C#CC2)CC=C1. The van der Waals surface area contributed by atoms with Crippen LogP contribution in [0, 0.1) is 11.8 Å². The van der Waals surface area contributed by atoms with E-state index in [9.17, 15) is 4.79 Å². The average molecular weight is 265 g/mol. The molecule has 0 bridgehead atoms. The summed E-state index contributed by atoms with van der Waals surface area (Å²) in [5, 5.41) is 2.95. The van der Waals surface area contributed by atoms with Crippen LogP contribution in [0.2, 0.25) is 0 Å². The molecule has 0 spiro atoms. The van der Waals surface area contributed by atoms with Gasteiger partial charge in [-0.05, 0) is 43.1 Å². The summed E-state index contributed by atoms with van der Waals surface area (Å²) in [6, 6.07) is 0. The van der Waals surface area contributed by atoms with Gasteiger partial charge < -0.3 is 5.32 Å². The predicted molar refractivity (Wildman–Crippen MR) is 82.6 cm³/mol. The van der Waals surface area contributed by atoms with E-state index >= 15 is 0 Å². The number of carbonyl (C=O) groups is 1. The lowest BCUT2D eigenvalue weighted by Gasteiger charge is -2.07. The molecule has 0 atom stereocenters. The molecule has 0 aromatic rings. The van der Waals surface area contributed by atoms with E-state index < -0.39 is 0 Å². The van der Waals surface area contributed by atoms with Crippen molar-refractivity contribution in [3.8, 4) is 11.8 Å². The largest absolute Gasteiger partial charge is 0.325 e. The molecule has 2 heteroatoms. The van der Waals surface area contributed by atoms with E-state index in [-0.39, 0.29) is 5.91 Å². The van der Waals surface area contributed by atoms with Crippen LogP contribution in [0.1, 0.15) is 33.1 Å². The zero-order chi connectivity index (χ0) is 14.4. The summed E-state index contributed by atoms with van der Waals surface area (Å²) in [7, 11) is 0. The summed E-state index contributed by atoms with van der Waals surface area (Å²) in [6.45, 7) is 4.07. The smallest absolute Gasteiger partial charge is 0.251 e. The van der Waals surface area contributed by atoms with Gasteiger partial charge in [0.1, 0.15) is 0 Å². The molecule has 0 aliphatic heterocycles. The zero-order valence-corrected chi connectivity index (χ0v) is 12.0. The van der Waals surface area contributed by atoms with Gasteiger partial charge in [0.05, 0.1) is 0 Å². The summed E-state index contributed by atoms with van der Waals surface area (Å²) < 4.78 is 0. The third-order valence-electron chi connectivity index (χ3n) is 3.24. The summed E-state index contributed by atoms with van der Waals surface area (Å²) in [4.78, 5) is 12.3. The topological polar surface area (TPSA) is 29.1 Å². The highest BCUT2D eigenvalue weighted by Gasteiger charge is 2.10. The van der Waals surface area contributed by atoms with Crippen LogP contribution >= 0.6 is 0 Å². The van der Waals surface area contributed by atoms with Crippen LogP contribution in [0.15, 0.2) is 58.9 Å².